The SMILES string of the molecule is CC.COc1cnc(C#CSI)nc1. The van der Waals surface area contributed by atoms with E-state index in [2.05, 4.69) is 42.3 Å². The van der Waals surface area contributed by atoms with Gasteiger partial charge >= 0.3 is 0 Å². The molecule has 0 atom stereocenters. The highest BCUT2D eigenvalue weighted by Gasteiger charge is 1.91. The zero-order chi connectivity index (χ0) is 10.8. The normalized spacial score (nSPS) is 7.71. The Morgan fingerprint density at radius 2 is 1.93 bits per heavy atom. The summed E-state index contributed by atoms with van der Waals surface area (Å²) < 4.78 is 4.89. The average molecular weight is 322 g/mol. The summed E-state index contributed by atoms with van der Waals surface area (Å²) in [7, 11) is 2.98. The van der Waals surface area contributed by atoms with Crippen molar-refractivity contribution in [2.45, 2.75) is 13.8 Å². The minimum Gasteiger partial charge on any atom is -0.494 e. The molecule has 0 radical (unpaired) electrons. The van der Waals surface area contributed by atoms with Crippen molar-refractivity contribution in [3.8, 4) is 16.9 Å². The average Bonchev–Trinajstić information content (AvgIpc) is 2.30. The van der Waals surface area contributed by atoms with E-state index >= 15 is 0 Å². The second-order valence-electron chi connectivity index (χ2n) is 1.75. The van der Waals surface area contributed by atoms with Crippen LogP contribution in [0.15, 0.2) is 12.4 Å². The summed E-state index contributed by atoms with van der Waals surface area (Å²) in [6.07, 6.45) is 3.18. The Kier molecular flexibility index (Phi) is 8.78. The van der Waals surface area contributed by atoms with Gasteiger partial charge in [-0.1, -0.05) is 13.8 Å². The molecular weight excluding hydrogens is 311 g/mol. The first-order valence-corrected chi connectivity index (χ1v) is 7.37. The van der Waals surface area contributed by atoms with Gasteiger partial charge in [0.1, 0.15) is 0 Å². The minimum atomic E-state index is 0.514. The smallest absolute Gasteiger partial charge is 0.205 e. The predicted molar refractivity (Wildman–Crippen MR) is 68.4 cm³/mol. The van der Waals surface area contributed by atoms with Crippen LogP contribution in [0.1, 0.15) is 19.7 Å². The van der Waals surface area contributed by atoms with Crippen molar-refractivity contribution in [2.24, 2.45) is 0 Å². The Morgan fingerprint density at radius 1 is 1.36 bits per heavy atom. The zero-order valence-electron chi connectivity index (χ0n) is 8.24. The molecule has 0 aliphatic heterocycles. The maximum atomic E-state index is 4.89. The van der Waals surface area contributed by atoms with E-state index in [9.17, 15) is 0 Å². The fraction of sp³-hybridized carbons (Fsp3) is 0.333. The van der Waals surface area contributed by atoms with Crippen molar-refractivity contribution in [3.05, 3.63) is 18.2 Å². The largest absolute Gasteiger partial charge is 0.494 e. The van der Waals surface area contributed by atoms with Crippen LogP contribution in [0, 0.1) is 11.2 Å². The summed E-state index contributed by atoms with van der Waals surface area (Å²) in [4.78, 5) is 7.92. The molecule has 1 heterocycles. The number of halogens is 1. The molecule has 0 N–H and O–H groups in total. The van der Waals surface area contributed by atoms with Gasteiger partial charge < -0.3 is 4.74 Å². The van der Waals surface area contributed by atoms with Gasteiger partial charge in [0.15, 0.2) is 5.75 Å². The molecule has 3 nitrogen and oxygen atoms in total. The summed E-state index contributed by atoms with van der Waals surface area (Å²) in [5.74, 6) is 3.93. The Balaban J connectivity index is 0.000000791. The van der Waals surface area contributed by atoms with Crippen LogP contribution in [0.3, 0.4) is 0 Å². The lowest BCUT2D eigenvalue weighted by Crippen LogP contribution is -1.90. The molecule has 0 aliphatic rings. The van der Waals surface area contributed by atoms with Crippen molar-refractivity contribution in [2.75, 3.05) is 7.11 Å². The van der Waals surface area contributed by atoms with Gasteiger partial charge in [-0.25, -0.2) is 9.97 Å². The van der Waals surface area contributed by atoms with E-state index in [4.69, 9.17) is 4.74 Å². The fourth-order valence-electron chi connectivity index (χ4n) is 0.551. The van der Waals surface area contributed by atoms with Crippen LogP contribution in [0.5, 0.6) is 5.75 Å². The van der Waals surface area contributed by atoms with Crippen molar-refractivity contribution in [1.82, 2.24) is 9.97 Å². The van der Waals surface area contributed by atoms with Crippen molar-refractivity contribution in [1.29, 1.82) is 0 Å². The molecule has 0 aromatic carbocycles. The van der Waals surface area contributed by atoms with Gasteiger partial charge in [0.25, 0.3) is 0 Å². The maximum absolute atomic E-state index is 4.89. The number of ether oxygens (including phenoxy) is 1. The molecule has 0 spiro atoms. The van der Waals surface area contributed by atoms with Gasteiger partial charge in [0.2, 0.25) is 5.82 Å². The number of nitrogens with zero attached hydrogens (tertiary/aromatic N) is 2. The molecule has 0 saturated heterocycles. The highest BCUT2D eigenvalue weighted by atomic mass is 127. The van der Waals surface area contributed by atoms with E-state index in [-0.39, 0.29) is 0 Å². The second-order valence-corrected chi connectivity index (χ2v) is 3.43. The fourth-order valence-corrected chi connectivity index (χ4v) is 1.01. The van der Waals surface area contributed by atoms with E-state index in [0.717, 1.165) is 0 Å². The molecule has 1 rings (SSSR count). The lowest BCUT2D eigenvalue weighted by atomic mass is 10.5. The van der Waals surface area contributed by atoms with Crippen LogP contribution in [0.4, 0.5) is 0 Å². The highest BCUT2D eigenvalue weighted by molar-refractivity contribution is 14.2. The van der Waals surface area contributed by atoms with Crippen molar-refractivity contribution < 1.29 is 4.74 Å². The second kappa shape index (κ2) is 9.09. The molecule has 0 saturated carbocycles. The van der Waals surface area contributed by atoms with Crippen molar-refractivity contribution in [3.63, 3.8) is 0 Å². The molecule has 0 amide bonds. The van der Waals surface area contributed by atoms with E-state index in [0.29, 0.717) is 11.6 Å². The monoisotopic (exact) mass is 322 g/mol. The predicted octanol–water partition coefficient (Wildman–Crippen LogP) is 2.90. The first-order chi connectivity index (χ1) is 6.86. The molecular formula is C9H11IN2OS. The third-order valence-corrected chi connectivity index (χ3v) is 1.91. The Bertz CT molecular complexity index is 305. The molecule has 0 bridgehead atoms. The molecule has 0 aliphatic carbocycles. The van der Waals surface area contributed by atoms with Gasteiger partial charge in [-0.3, -0.25) is 0 Å². The number of methoxy groups -OCH3 is 1. The van der Waals surface area contributed by atoms with Crippen LogP contribution < -0.4 is 4.74 Å². The molecule has 0 fully saturated rings. The van der Waals surface area contributed by atoms with Crippen LogP contribution >= 0.6 is 30.1 Å². The third kappa shape index (κ3) is 5.29. The van der Waals surface area contributed by atoms with Crippen LogP contribution in [0.2, 0.25) is 0 Å². The van der Waals surface area contributed by atoms with Gasteiger partial charge in [-0.15, -0.1) is 0 Å². The number of hydrogen-bond acceptors (Lipinski definition) is 4. The van der Waals surface area contributed by atoms with Gasteiger partial charge in [0, 0.05) is 21.2 Å². The molecule has 5 heteroatoms. The lowest BCUT2D eigenvalue weighted by Gasteiger charge is -1.95. The first kappa shape index (κ1) is 13.5. The summed E-state index contributed by atoms with van der Waals surface area (Å²) in [6.45, 7) is 4.00. The Labute approximate surface area is 101 Å². The number of rotatable bonds is 1. The summed E-state index contributed by atoms with van der Waals surface area (Å²) in [5, 5.41) is 2.79. The Hall–Kier alpha value is -0.480. The molecule has 1 aromatic rings. The molecule has 0 unspecified atom stereocenters. The van der Waals surface area contributed by atoms with Crippen LogP contribution in [-0.4, -0.2) is 17.1 Å². The van der Waals surface area contributed by atoms with Gasteiger partial charge in [0.05, 0.1) is 19.5 Å². The molecule has 14 heavy (non-hydrogen) atoms. The molecule has 1 aromatic heterocycles. The van der Waals surface area contributed by atoms with E-state index in [1.54, 1.807) is 19.5 Å². The summed E-state index contributed by atoms with van der Waals surface area (Å²) in [6, 6.07) is 0. The van der Waals surface area contributed by atoms with Crippen LogP contribution in [-0.2, 0) is 0 Å². The topological polar surface area (TPSA) is 35.0 Å². The quantitative estimate of drug-likeness (QED) is 0.588. The Morgan fingerprint density at radius 3 is 2.36 bits per heavy atom. The number of hydrogen-bond donors (Lipinski definition) is 0. The summed E-state index contributed by atoms with van der Waals surface area (Å²) >= 11 is 2.09. The first-order valence-electron chi connectivity index (χ1n) is 4.01. The standard InChI is InChI=1S/C7H5IN2OS.C2H6/c1-11-6-4-9-7(10-5-6)2-3-12-8;1-2/h4-5H,1H3;1-2H3. The minimum absolute atomic E-state index is 0.514. The highest BCUT2D eigenvalue weighted by Crippen LogP contribution is 2.08. The summed E-state index contributed by atoms with van der Waals surface area (Å²) in [5.41, 5.74) is 0. The van der Waals surface area contributed by atoms with Crippen molar-refractivity contribution >= 4 is 30.1 Å². The van der Waals surface area contributed by atoms with Crippen LogP contribution in [0.25, 0.3) is 0 Å². The zero-order valence-corrected chi connectivity index (χ0v) is 11.2. The van der Waals surface area contributed by atoms with E-state index in [1.165, 1.54) is 8.93 Å². The third-order valence-electron chi connectivity index (χ3n) is 1.07. The maximum Gasteiger partial charge on any atom is 0.205 e. The lowest BCUT2D eigenvalue weighted by molar-refractivity contribution is 0.410. The van der Waals surface area contributed by atoms with Gasteiger partial charge in [-0.2, -0.15) is 0 Å². The number of aromatic nitrogens is 2. The van der Waals surface area contributed by atoms with E-state index in [1.807, 2.05) is 13.8 Å². The van der Waals surface area contributed by atoms with E-state index < -0.39 is 0 Å². The van der Waals surface area contributed by atoms with Gasteiger partial charge in [-0.05, 0) is 20.1 Å². The molecule has 76 valence electrons.